The fraction of sp³-hybridized carbons (Fsp3) is 0.118. The lowest BCUT2D eigenvalue weighted by Gasteiger charge is -2.03. The molecule has 0 saturated carbocycles. The average molecular weight is 341 g/mol. The Hall–Kier alpha value is -2.86. The van der Waals surface area contributed by atoms with Gasteiger partial charge in [-0.3, -0.25) is 9.89 Å². The Bertz CT molecular complexity index is 1100. The van der Waals surface area contributed by atoms with E-state index in [2.05, 4.69) is 20.5 Å². The number of para-hydroxylation sites is 1. The van der Waals surface area contributed by atoms with Crippen molar-refractivity contribution in [1.82, 2.24) is 15.2 Å². The van der Waals surface area contributed by atoms with E-state index in [4.69, 9.17) is 16.0 Å². The van der Waals surface area contributed by atoms with E-state index in [1.807, 2.05) is 32.0 Å². The molecule has 4 aromatic rings. The number of aromatic amines is 1. The number of anilines is 1. The van der Waals surface area contributed by atoms with Crippen molar-refractivity contribution < 1.29 is 9.21 Å². The summed E-state index contributed by atoms with van der Waals surface area (Å²) < 4.78 is 5.68. The van der Waals surface area contributed by atoms with Gasteiger partial charge in [-0.2, -0.15) is 5.10 Å². The van der Waals surface area contributed by atoms with Crippen molar-refractivity contribution in [2.75, 3.05) is 5.32 Å². The quantitative estimate of drug-likeness (QED) is 0.572. The zero-order valence-corrected chi connectivity index (χ0v) is 13.7. The number of amides is 1. The van der Waals surface area contributed by atoms with Crippen molar-refractivity contribution in [2.45, 2.75) is 13.8 Å². The van der Waals surface area contributed by atoms with E-state index in [0.717, 1.165) is 22.0 Å². The highest BCUT2D eigenvalue weighted by Crippen LogP contribution is 2.31. The number of halogens is 1. The molecule has 120 valence electrons. The molecule has 1 aromatic carbocycles. The first-order valence-electron chi connectivity index (χ1n) is 7.34. The number of H-pyrrole nitrogens is 1. The molecule has 0 saturated heterocycles. The number of aromatic nitrogens is 3. The van der Waals surface area contributed by atoms with E-state index < -0.39 is 0 Å². The van der Waals surface area contributed by atoms with E-state index in [9.17, 15) is 4.79 Å². The zero-order valence-electron chi connectivity index (χ0n) is 13.0. The second-order valence-electron chi connectivity index (χ2n) is 5.57. The molecule has 0 unspecified atom stereocenters. The standard InChI is InChI=1S/C17H13ClN4O2/c1-8-11-4-3-5-13(18)15(11)24-14(8)17(23)20-10-6-12-9(2)21-22-16(12)19-7-10/h3-7H,1-2H3,(H,20,23)(H,19,21,22). The number of benzene rings is 1. The van der Waals surface area contributed by atoms with E-state index in [1.54, 1.807) is 12.3 Å². The van der Waals surface area contributed by atoms with Crippen molar-refractivity contribution in [1.29, 1.82) is 0 Å². The van der Waals surface area contributed by atoms with Crippen LogP contribution in [-0.2, 0) is 0 Å². The molecule has 1 amide bonds. The molecule has 6 nitrogen and oxygen atoms in total. The first-order valence-corrected chi connectivity index (χ1v) is 7.72. The van der Waals surface area contributed by atoms with Crippen molar-refractivity contribution in [2.24, 2.45) is 0 Å². The minimum Gasteiger partial charge on any atom is -0.449 e. The highest BCUT2D eigenvalue weighted by Gasteiger charge is 2.19. The molecule has 4 rings (SSSR count). The second-order valence-corrected chi connectivity index (χ2v) is 5.98. The number of furan rings is 1. The molecule has 3 aromatic heterocycles. The van der Waals surface area contributed by atoms with Gasteiger partial charge >= 0.3 is 0 Å². The lowest BCUT2D eigenvalue weighted by molar-refractivity contribution is 0.0998. The van der Waals surface area contributed by atoms with Gasteiger partial charge in [0.25, 0.3) is 5.91 Å². The van der Waals surface area contributed by atoms with Gasteiger partial charge in [0.2, 0.25) is 0 Å². The van der Waals surface area contributed by atoms with Crippen molar-refractivity contribution in [3.8, 4) is 0 Å². The summed E-state index contributed by atoms with van der Waals surface area (Å²) in [4.78, 5) is 16.8. The minimum absolute atomic E-state index is 0.238. The van der Waals surface area contributed by atoms with Crippen LogP contribution in [0.15, 0.2) is 34.9 Å². The summed E-state index contributed by atoms with van der Waals surface area (Å²) >= 11 is 6.13. The fourth-order valence-corrected chi connectivity index (χ4v) is 2.91. The van der Waals surface area contributed by atoms with Crippen molar-refractivity contribution in [3.63, 3.8) is 0 Å². The third-order valence-corrected chi connectivity index (χ3v) is 4.28. The predicted molar refractivity (Wildman–Crippen MR) is 92.5 cm³/mol. The SMILES string of the molecule is Cc1[nH]nc2ncc(NC(=O)c3oc4c(Cl)cccc4c3C)cc12. The van der Waals surface area contributed by atoms with Crippen LogP contribution in [0.5, 0.6) is 0 Å². The predicted octanol–water partition coefficient (Wildman–Crippen LogP) is 4.23. The maximum atomic E-state index is 12.6. The molecule has 0 spiro atoms. The zero-order chi connectivity index (χ0) is 16.8. The summed E-state index contributed by atoms with van der Waals surface area (Å²) in [5, 5.41) is 11.9. The van der Waals surface area contributed by atoms with Gasteiger partial charge in [0.05, 0.1) is 16.9 Å². The van der Waals surface area contributed by atoms with Crippen LogP contribution in [-0.4, -0.2) is 21.1 Å². The van der Waals surface area contributed by atoms with E-state index >= 15 is 0 Å². The molecule has 0 radical (unpaired) electrons. The number of nitrogens with one attached hydrogen (secondary N) is 2. The van der Waals surface area contributed by atoms with Crippen LogP contribution < -0.4 is 5.32 Å². The van der Waals surface area contributed by atoms with Gasteiger partial charge in [-0.15, -0.1) is 0 Å². The molecule has 24 heavy (non-hydrogen) atoms. The first-order chi connectivity index (χ1) is 11.5. The molecular weight excluding hydrogens is 328 g/mol. The Morgan fingerprint density at radius 3 is 2.92 bits per heavy atom. The lowest BCUT2D eigenvalue weighted by Crippen LogP contribution is -2.12. The molecule has 0 atom stereocenters. The number of pyridine rings is 1. The Labute approximate surface area is 141 Å². The number of carbonyl (C=O) groups is 1. The monoisotopic (exact) mass is 340 g/mol. The summed E-state index contributed by atoms with van der Waals surface area (Å²) in [6, 6.07) is 7.26. The Morgan fingerprint density at radius 1 is 1.29 bits per heavy atom. The Kier molecular flexibility index (Phi) is 3.28. The maximum absolute atomic E-state index is 12.6. The lowest BCUT2D eigenvalue weighted by atomic mass is 10.1. The summed E-state index contributed by atoms with van der Waals surface area (Å²) in [5.41, 5.74) is 3.33. The molecule has 0 aliphatic rings. The molecular formula is C17H13ClN4O2. The molecule has 0 aliphatic carbocycles. The van der Waals surface area contributed by atoms with Crippen LogP contribution in [0.1, 0.15) is 21.8 Å². The molecule has 3 heterocycles. The van der Waals surface area contributed by atoms with Crippen LogP contribution in [0.4, 0.5) is 5.69 Å². The molecule has 7 heteroatoms. The Morgan fingerprint density at radius 2 is 2.12 bits per heavy atom. The number of rotatable bonds is 2. The molecule has 0 bridgehead atoms. The smallest absolute Gasteiger partial charge is 0.291 e. The number of nitrogens with zero attached hydrogens (tertiary/aromatic N) is 2. The fourth-order valence-electron chi connectivity index (χ4n) is 2.70. The van der Waals surface area contributed by atoms with Crippen molar-refractivity contribution >= 4 is 45.2 Å². The highest BCUT2D eigenvalue weighted by molar-refractivity contribution is 6.35. The maximum Gasteiger partial charge on any atom is 0.291 e. The third-order valence-electron chi connectivity index (χ3n) is 3.98. The largest absolute Gasteiger partial charge is 0.449 e. The van der Waals surface area contributed by atoms with E-state index in [1.165, 1.54) is 0 Å². The molecule has 0 aliphatic heterocycles. The van der Waals surface area contributed by atoms with Gasteiger partial charge in [0.1, 0.15) is 0 Å². The van der Waals surface area contributed by atoms with Crippen LogP contribution in [0, 0.1) is 13.8 Å². The summed E-state index contributed by atoms with van der Waals surface area (Å²) in [6.45, 7) is 3.73. The van der Waals surface area contributed by atoms with Crippen LogP contribution in [0.25, 0.3) is 22.0 Å². The van der Waals surface area contributed by atoms with Gasteiger partial charge in [-0.1, -0.05) is 23.7 Å². The minimum atomic E-state index is -0.345. The number of aryl methyl sites for hydroxylation is 2. The number of fused-ring (bicyclic) bond motifs is 2. The summed E-state index contributed by atoms with van der Waals surface area (Å²) in [7, 11) is 0. The first kappa shape index (κ1) is 14.7. The van der Waals surface area contributed by atoms with Gasteiger partial charge in [-0.05, 0) is 26.0 Å². The number of carbonyl (C=O) groups excluding carboxylic acids is 1. The van der Waals surface area contributed by atoms with Gasteiger partial charge in [0, 0.05) is 22.0 Å². The van der Waals surface area contributed by atoms with Gasteiger partial charge in [0.15, 0.2) is 17.0 Å². The molecule has 0 fully saturated rings. The number of hydrogen-bond donors (Lipinski definition) is 2. The van der Waals surface area contributed by atoms with Crippen LogP contribution in [0.2, 0.25) is 5.02 Å². The van der Waals surface area contributed by atoms with Crippen LogP contribution >= 0.6 is 11.6 Å². The van der Waals surface area contributed by atoms with E-state index in [0.29, 0.717) is 21.9 Å². The van der Waals surface area contributed by atoms with Crippen LogP contribution in [0.3, 0.4) is 0 Å². The highest BCUT2D eigenvalue weighted by atomic mass is 35.5. The van der Waals surface area contributed by atoms with Crippen molar-refractivity contribution in [3.05, 3.63) is 52.5 Å². The van der Waals surface area contributed by atoms with E-state index in [-0.39, 0.29) is 11.7 Å². The second kappa shape index (κ2) is 5.35. The summed E-state index contributed by atoms with van der Waals surface area (Å²) in [6.07, 6.45) is 1.56. The van der Waals surface area contributed by atoms with Gasteiger partial charge in [-0.25, -0.2) is 4.98 Å². The third kappa shape index (κ3) is 2.23. The van der Waals surface area contributed by atoms with Gasteiger partial charge < -0.3 is 9.73 Å². The summed E-state index contributed by atoms with van der Waals surface area (Å²) in [5.74, 6) is -0.107. The normalized spacial score (nSPS) is 11.3. The topological polar surface area (TPSA) is 83.8 Å². The average Bonchev–Trinajstić information content (AvgIpc) is 3.10. The number of hydrogen-bond acceptors (Lipinski definition) is 4. The Balaban J connectivity index is 1.71. The molecule has 2 N–H and O–H groups in total.